The van der Waals surface area contributed by atoms with E-state index in [-0.39, 0.29) is 29.9 Å². The number of hydrogen-bond donors (Lipinski definition) is 0. The summed E-state index contributed by atoms with van der Waals surface area (Å²) in [5.74, 6) is 0. The van der Waals surface area contributed by atoms with Crippen LogP contribution >= 0.6 is 0 Å². The van der Waals surface area contributed by atoms with Gasteiger partial charge in [-0.3, -0.25) is 0 Å². The van der Waals surface area contributed by atoms with Gasteiger partial charge in [0.25, 0.3) is 0 Å². The van der Waals surface area contributed by atoms with Gasteiger partial charge in [0.2, 0.25) is 0 Å². The molecular weight excluding hydrogens is 270 g/mol. The molecular formula is C7H10N2Se2. The molecule has 0 radical (unpaired) electrons. The van der Waals surface area contributed by atoms with Crippen molar-refractivity contribution in [2.24, 2.45) is 0 Å². The first-order valence-electron chi connectivity index (χ1n) is 3.43. The Kier molecular flexibility index (Phi) is 10.0. The molecule has 0 atom stereocenters. The van der Waals surface area contributed by atoms with E-state index < -0.39 is 0 Å². The van der Waals surface area contributed by atoms with E-state index in [4.69, 9.17) is 10.5 Å². The topological polar surface area (TPSA) is 47.6 Å². The summed E-state index contributed by atoms with van der Waals surface area (Å²) in [7, 11) is 0. The number of nitrogens with zero attached hydrogens (tertiary/aromatic N) is 2. The number of rotatable bonds is 6. The van der Waals surface area contributed by atoms with E-state index in [2.05, 4.69) is 9.94 Å². The normalized spacial score (nSPS) is 8.55. The van der Waals surface area contributed by atoms with Crippen LogP contribution in [0.15, 0.2) is 0 Å². The number of hydrogen-bond acceptors (Lipinski definition) is 2. The van der Waals surface area contributed by atoms with Crippen molar-refractivity contribution in [2.75, 3.05) is 0 Å². The number of unbranched alkanes of at least 4 members (excludes halogenated alkanes) is 2. The van der Waals surface area contributed by atoms with E-state index in [0.29, 0.717) is 0 Å². The van der Waals surface area contributed by atoms with Gasteiger partial charge in [0.05, 0.1) is 0 Å². The zero-order valence-corrected chi connectivity index (χ0v) is 9.67. The van der Waals surface area contributed by atoms with Crippen LogP contribution in [0.3, 0.4) is 0 Å². The second-order valence-electron chi connectivity index (χ2n) is 1.94. The molecule has 0 aromatic rings. The van der Waals surface area contributed by atoms with Crippen molar-refractivity contribution >= 4 is 29.9 Å². The molecule has 0 saturated heterocycles. The van der Waals surface area contributed by atoms with Gasteiger partial charge in [-0.25, -0.2) is 0 Å². The Labute approximate surface area is 80.3 Å². The van der Waals surface area contributed by atoms with Gasteiger partial charge >= 0.3 is 80.3 Å². The number of nitriles is 2. The summed E-state index contributed by atoms with van der Waals surface area (Å²) in [6.07, 6.45) is 3.55. The Morgan fingerprint density at radius 1 is 0.818 bits per heavy atom. The fourth-order valence-corrected chi connectivity index (χ4v) is 2.46. The van der Waals surface area contributed by atoms with E-state index in [9.17, 15) is 0 Å². The molecule has 0 fully saturated rings. The van der Waals surface area contributed by atoms with Crippen LogP contribution in [0, 0.1) is 20.5 Å². The molecule has 11 heavy (non-hydrogen) atoms. The van der Waals surface area contributed by atoms with E-state index in [1.54, 1.807) is 0 Å². The van der Waals surface area contributed by atoms with Crippen LogP contribution < -0.4 is 0 Å². The quantitative estimate of drug-likeness (QED) is 0.545. The zero-order chi connectivity index (χ0) is 8.36. The summed E-state index contributed by atoms with van der Waals surface area (Å²) < 4.78 is 0. The average Bonchev–Trinajstić information content (AvgIpc) is 2.03. The standard InChI is InChI=1S/C7H10N2Se2/c8-6-10-4-2-1-3-5-11-7-9/h1-5H2. The minimum absolute atomic E-state index is 0.209. The molecule has 0 aromatic heterocycles. The van der Waals surface area contributed by atoms with Crippen molar-refractivity contribution in [3.8, 4) is 9.94 Å². The molecule has 0 heterocycles. The summed E-state index contributed by atoms with van der Waals surface area (Å²) >= 11 is 0.417. The molecule has 2 nitrogen and oxygen atoms in total. The minimum atomic E-state index is 0.209. The van der Waals surface area contributed by atoms with Crippen LogP contribution in [0.4, 0.5) is 0 Å². The molecule has 0 bridgehead atoms. The molecule has 0 saturated carbocycles. The van der Waals surface area contributed by atoms with Crippen molar-refractivity contribution in [1.29, 1.82) is 10.5 Å². The summed E-state index contributed by atoms with van der Waals surface area (Å²) in [5, 5.41) is 18.7. The molecule has 4 heteroatoms. The first-order chi connectivity index (χ1) is 5.41. The van der Waals surface area contributed by atoms with E-state index in [1.807, 2.05) is 0 Å². The summed E-state index contributed by atoms with van der Waals surface area (Å²) in [6.45, 7) is 0. The summed E-state index contributed by atoms with van der Waals surface area (Å²) in [5.41, 5.74) is 0. The molecule has 0 rings (SSSR count). The third-order valence-corrected chi connectivity index (χ3v) is 3.73. The van der Waals surface area contributed by atoms with Gasteiger partial charge in [-0.1, -0.05) is 0 Å². The second-order valence-corrected chi connectivity index (χ2v) is 5.63. The van der Waals surface area contributed by atoms with Gasteiger partial charge in [-0.05, 0) is 0 Å². The van der Waals surface area contributed by atoms with Gasteiger partial charge in [0, 0.05) is 0 Å². The second kappa shape index (κ2) is 10.0. The predicted octanol–water partition coefficient (Wildman–Crippen LogP) is 1.36. The van der Waals surface area contributed by atoms with Crippen LogP contribution in [0.25, 0.3) is 0 Å². The molecule has 0 aliphatic carbocycles. The summed E-state index contributed by atoms with van der Waals surface area (Å²) in [4.78, 5) is 4.37. The molecule has 0 unspecified atom stereocenters. The van der Waals surface area contributed by atoms with Crippen molar-refractivity contribution in [2.45, 2.75) is 29.9 Å². The van der Waals surface area contributed by atoms with Crippen molar-refractivity contribution in [1.82, 2.24) is 0 Å². The van der Waals surface area contributed by atoms with E-state index >= 15 is 0 Å². The monoisotopic (exact) mass is 282 g/mol. The van der Waals surface area contributed by atoms with Gasteiger partial charge in [-0.15, -0.1) is 0 Å². The third-order valence-electron chi connectivity index (χ3n) is 1.12. The molecule has 0 spiro atoms. The van der Waals surface area contributed by atoms with Crippen molar-refractivity contribution in [3.05, 3.63) is 0 Å². The molecule has 0 amide bonds. The van der Waals surface area contributed by atoms with E-state index in [1.165, 1.54) is 19.3 Å². The van der Waals surface area contributed by atoms with Gasteiger partial charge < -0.3 is 0 Å². The first kappa shape index (κ1) is 11.0. The van der Waals surface area contributed by atoms with Gasteiger partial charge in [0.1, 0.15) is 0 Å². The fraction of sp³-hybridized carbons (Fsp3) is 0.714. The van der Waals surface area contributed by atoms with Crippen LogP contribution in [-0.2, 0) is 0 Å². The Morgan fingerprint density at radius 2 is 1.27 bits per heavy atom. The summed E-state index contributed by atoms with van der Waals surface area (Å²) in [6, 6.07) is 0. The van der Waals surface area contributed by atoms with Crippen molar-refractivity contribution in [3.63, 3.8) is 0 Å². The Balaban J connectivity index is 2.82. The van der Waals surface area contributed by atoms with Crippen molar-refractivity contribution < 1.29 is 0 Å². The zero-order valence-electron chi connectivity index (χ0n) is 6.25. The third kappa shape index (κ3) is 10.0. The maximum absolute atomic E-state index is 8.24. The predicted molar refractivity (Wildman–Crippen MR) is 46.2 cm³/mol. The first-order valence-corrected chi connectivity index (χ1v) is 7.57. The van der Waals surface area contributed by atoms with E-state index in [0.717, 1.165) is 10.6 Å². The molecule has 0 aliphatic heterocycles. The Hall–Kier alpha value is 0.0190. The Bertz CT molecular complexity index is 139. The Morgan fingerprint density at radius 3 is 1.64 bits per heavy atom. The molecule has 0 N–H and O–H groups in total. The average molecular weight is 280 g/mol. The molecule has 0 aliphatic rings. The maximum atomic E-state index is 8.24. The van der Waals surface area contributed by atoms with Crippen LogP contribution in [-0.4, -0.2) is 29.9 Å². The van der Waals surface area contributed by atoms with Gasteiger partial charge in [-0.2, -0.15) is 0 Å². The fourth-order valence-electron chi connectivity index (χ4n) is 0.617. The van der Waals surface area contributed by atoms with Crippen LogP contribution in [0.2, 0.25) is 10.6 Å². The molecule has 0 aromatic carbocycles. The van der Waals surface area contributed by atoms with Crippen LogP contribution in [0.1, 0.15) is 19.3 Å². The van der Waals surface area contributed by atoms with Gasteiger partial charge in [0.15, 0.2) is 0 Å². The molecule has 60 valence electrons. The SMILES string of the molecule is N#C[Se]CCCCC[Se]C#N. The van der Waals surface area contributed by atoms with Crippen LogP contribution in [0.5, 0.6) is 0 Å².